The number of ether oxygens (including phenoxy) is 1. The molecule has 0 aromatic carbocycles. The Labute approximate surface area is 112 Å². The van der Waals surface area contributed by atoms with Crippen molar-refractivity contribution in [3.05, 3.63) is 12.2 Å². The first kappa shape index (κ1) is 17.2. The Bertz CT molecular complexity index is 215. The number of hydrogen-bond donors (Lipinski definition) is 1. The fourth-order valence-electron chi connectivity index (χ4n) is 1.89. The van der Waals surface area contributed by atoms with Crippen molar-refractivity contribution in [1.29, 1.82) is 0 Å². The summed E-state index contributed by atoms with van der Waals surface area (Å²) in [5.41, 5.74) is 5.44. The van der Waals surface area contributed by atoms with E-state index < -0.39 is 0 Å². The van der Waals surface area contributed by atoms with E-state index in [1.807, 2.05) is 6.08 Å². The van der Waals surface area contributed by atoms with Crippen molar-refractivity contribution in [2.24, 2.45) is 5.73 Å². The summed E-state index contributed by atoms with van der Waals surface area (Å²) in [6.07, 6.45) is 16.0. The molecule has 0 aliphatic heterocycles. The van der Waals surface area contributed by atoms with Crippen LogP contribution in [0.25, 0.3) is 0 Å². The van der Waals surface area contributed by atoms with Gasteiger partial charge in [0.15, 0.2) is 0 Å². The molecule has 0 aliphatic carbocycles. The fourth-order valence-corrected chi connectivity index (χ4v) is 1.89. The predicted molar refractivity (Wildman–Crippen MR) is 76.4 cm³/mol. The Morgan fingerprint density at radius 2 is 1.44 bits per heavy atom. The van der Waals surface area contributed by atoms with Gasteiger partial charge in [-0.2, -0.15) is 0 Å². The number of carbonyl (C=O) groups excluding carboxylic acids is 1. The molecule has 0 rings (SSSR count). The van der Waals surface area contributed by atoms with Gasteiger partial charge < -0.3 is 10.5 Å². The van der Waals surface area contributed by atoms with Crippen LogP contribution in [0.15, 0.2) is 12.2 Å². The third-order valence-electron chi connectivity index (χ3n) is 3.03. The highest BCUT2D eigenvalue weighted by Crippen LogP contribution is 2.10. The average molecular weight is 255 g/mol. The minimum absolute atomic E-state index is 0.257. The molecule has 2 N–H and O–H groups in total. The molecule has 3 nitrogen and oxygen atoms in total. The van der Waals surface area contributed by atoms with Gasteiger partial charge in [0, 0.05) is 6.08 Å². The summed E-state index contributed by atoms with van der Waals surface area (Å²) in [5.74, 6) is -0.257. The Kier molecular flexibility index (Phi) is 13.6. The Morgan fingerprint density at radius 3 is 1.94 bits per heavy atom. The van der Waals surface area contributed by atoms with Gasteiger partial charge in [-0.3, -0.25) is 0 Å². The molecule has 3 heteroatoms. The van der Waals surface area contributed by atoms with Crippen LogP contribution in [-0.4, -0.2) is 19.6 Å². The maximum atomic E-state index is 10.8. The van der Waals surface area contributed by atoms with E-state index >= 15 is 0 Å². The summed E-state index contributed by atoms with van der Waals surface area (Å²) in [7, 11) is 1.40. The minimum atomic E-state index is -0.257. The predicted octanol–water partition coefficient (Wildman–Crippen LogP) is 3.58. The molecule has 0 aromatic rings. The normalized spacial score (nSPS) is 11.0. The van der Waals surface area contributed by atoms with Gasteiger partial charge in [0.2, 0.25) is 0 Å². The third kappa shape index (κ3) is 13.2. The zero-order valence-electron chi connectivity index (χ0n) is 11.8. The summed E-state index contributed by atoms with van der Waals surface area (Å²) in [6, 6.07) is 0. The van der Waals surface area contributed by atoms with E-state index in [0.717, 1.165) is 13.0 Å². The van der Waals surface area contributed by atoms with Crippen molar-refractivity contribution in [1.82, 2.24) is 0 Å². The van der Waals surface area contributed by atoms with Crippen LogP contribution in [0.5, 0.6) is 0 Å². The Morgan fingerprint density at radius 1 is 0.944 bits per heavy atom. The molecule has 0 aliphatic rings. The summed E-state index contributed by atoms with van der Waals surface area (Å²) in [4.78, 5) is 10.8. The SMILES string of the molecule is COC(=O)C=CCCCCCCCCCCCN. The molecule has 0 unspecified atom stereocenters. The summed E-state index contributed by atoms with van der Waals surface area (Å²) < 4.78 is 4.52. The molecule has 0 spiro atoms. The Balaban J connectivity index is 3.07. The standard InChI is InChI=1S/C15H29NO2/c1-18-15(17)13-11-9-7-5-3-2-4-6-8-10-12-14-16/h11,13H,2-10,12,14,16H2,1H3. The van der Waals surface area contributed by atoms with Gasteiger partial charge >= 0.3 is 5.97 Å². The molecule has 0 amide bonds. The first-order chi connectivity index (χ1) is 8.81. The van der Waals surface area contributed by atoms with E-state index in [-0.39, 0.29) is 5.97 Å². The van der Waals surface area contributed by atoms with Gasteiger partial charge in [-0.15, -0.1) is 0 Å². The number of nitrogens with two attached hydrogens (primary N) is 1. The molecular weight excluding hydrogens is 226 g/mol. The second-order valence-corrected chi connectivity index (χ2v) is 4.68. The van der Waals surface area contributed by atoms with E-state index in [0.29, 0.717) is 0 Å². The first-order valence-electron chi connectivity index (χ1n) is 7.26. The van der Waals surface area contributed by atoms with Gasteiger partial charge in [0.25, 0.3) is 0 Å². The van der Waals surface area contributed by atoms with E-state index in [1.165, 1.54) is 71.0 Å². The fraction of sp³-hybridized carbons (Fsp3) is 0.800. The van der Waals surface area contributed by atoms with Gasteiger partial charge in [-0.1, -0.05) is 51.0 Å². The highest BCUT2D eigenvalue weighted by molar-refractivity contribution is 5.81. The van der Waals surface area contributed by atoms with Crippen LogP contribution in [0, 0.1) is 0 Å². The summed E-state index contributed by atoms with van der Waals surface area (Å²) in [6.45, 7) is 0.832. The molecular formula is C15H29NO2. The second-order valence-electron chi connectivity index (χ2n) is 4.68. The van der Waals surface area contributed by atoms with Crippen LogP contribution < -0.4 is 5.73 Å². The number of carbonyl (C=O) groups is 1. The van der Waals surface area contributed by atoms with Crippen LogP contribution in [0.4, 0.5) is 0 Å². The highest BCUT2D eigenvalue weighted by Gasteiger charge is 1.93. The van der Waals surface area contributed by atoms with Gasteiger partial charge in [0.1, 0.15) is 0 Å². The van der Waals surface area contributed by atoms with Crippen molar-refractivity contribution in [2.45, 2.75) is 64.2 Å². The largest absolute Gasteiger partial charge is 0.466 e. The number of hydrogen-bond acceptors (Lipinski definition) is 3. The van der Waals surface area contributed by atoms with Crippen molar-refractivity contribution in [3.8, 4) is 0 Å². The molecule has 106 valence electrons. The lowest BCUT2D eigenvalue weighted by molar-refractivity contribution is -0.134. The van der Waals surface area contributed by atoms with Crippen LogP contribution >= 0.6 is 0 Å². The molecule has 0 heterocycles. The van der Waals surface area contributed by atoms with Gasteiger partial charge in [-0.25, -0.2) is 4.79 Å². The zero-order chi connectivity index (χ0) is 13.5. The maximum absolute atomic E-state index is 10.8. The van der Waals surface area contributed by atoms with Crippen molar-refractivity contribution < 1.29 is 9.53 Å². The monoisotopic (exact) mass is 255 g/mol. The lowest BCUT2D eigenvalue weighted by Gasteiger charge is -2.01. The van der Waals surface area contributed by atoms with Crippen LogP contribution in [0.3, 0.4) is 0 Å². The molecule has 0 aromatic heterocycles. The number of esters is 1. The molecule has 0 saturated carbocycles. The molecule has 0 radical (unpaired) electrons. The van der Waals surface area contributed by atoms with E-state index in [1.54, 1.807) is 0 Å². The van der Waals surface area contributed by atoms with Gasteiger partial charge in [-0.05, 0) is 25.8 Å². The van der Waals surface area contributed by atoms with Gasteiger partial charge in [0.05, 0.1) is 7.11 Å². The van der Waals surface area contributed by atoms with Crippen LogP contribution in [0.2, 0.25) is 0 Å². The number of rotatable bonds is 12. The molecule has 0 fully saturated rings. The minimum Gasteiger partial charge on any atom is -0.466 e. The number of unbranched alkanes of at least 4 members (excludes halogenated alkanes) is 9. The maximum Gasteiger partial charge on any atom is 0.330 e. The summed E-state index contributed by atoms with van der Waals surface area (Å²) >= 11 is 0. The van der Waals surface area contributed by atoms with Crippen molar-refractivity contribution in [3.63, 3.8) is 0 Å². The third-order valence-corrected chi connectivity index (χ3v) is 3.03. The summed E-state index contributed by atoms with van der Waals surface area (Å²) in [5, 5.41) is 0. The lowest BCUT2D eigenvalue weighted by Crippen LogP contribution is -1.97. The zero-order valence-corrected chi connectivity index (χ0v) is 11.8. The van der Waals surface area contributed by atoms with E-state index in [2.05, 4.69) is 4.74 Å². The number of allylic oxidation sites excluding steroid dienone is 1. The topological polar surface area (TPSA) is 52.3 Å². The molecule has 0 bridgehead atoms. The quantitative estimate of drug-likeness (QED) is 0.329. The van der Waals surface area contributed by atoms with E-state index in [9.17, 15) is 4.79 Å². The van der Waals surface area contributed by atoms with Crippen LogP contribution in [0.1, 0.15) is 64.2 Å². The lowest BCUT2D eigenvalue weighted by atomic mass is 10.1. The Hall–Kier alpha value is -0.830. The average Bonchev–Trinajstić information content (AvgIpc) is 2.39. The number of methoxy groups -OCH3 is 1. The van der Waals surface area contributed by atoms with Crippen molar-refractivity contribution in [2.75, 3.05) is 13.7 Å². The smallest absolute Gasteiger partial charge is 0.330 e. The molecule has 0 atom stereocenters. The van der Waals surface area contributed by atoms with Crippen LogP contribution in [-0.2, 0) is 9.53 Å². The second kappa shape index (κ2) is 14.2. The molecule has 18 heavy (non-hydrogen) atoms. The van der Waals surface area contributed by atoms with E-state index in [4.69, 9.17) is 5.73 Å². The molecule has 0 saturated heterocycles. The highest BCUT2D eigenvalue weighted by atomic mass is 16.5. The van der Waals surface area contributed by atoms with Crippen molar-refractivity contribution >= 4 is 5.97 Å². The first-order valence-corrected chi connectivity index (χ1v) is 7.26.